The number of aryl methyl sites for hydroxylation is 1. The Hall–Kier alpha value is -0.860. The molecule has 1 fully saturated rings. The van der Waals surface area contributed by atoms with E-state index in [2.05, 4.69) is 41.0 Å². The van der Waals surface area contributed by atoms with Crippen LogP contribution in [0, 0.1) is 0 Å². The number of nitrogens with one attached hydrogen (secondary N) is 2. The van der Waals surface area contributed by atoms with Crippen LogP contribution in [0.1, 0.15) is 37.7 Å². The molecule has 0 saturated carbocycles. The van der Waals surface area contributed by atoms with Crippen LogP contribution in [0.5, 0.6) is 0 Å². The second kappa shape index (κ2) is 8.28. The van der Waals surface area contributed by atoms with Gasteiger partial charge in [0.1, 0.15) is 0 Å². The van der Waals surface area contributed by atoms with Gasteiger partial charge in [-0.25, -0.2) is 0 Å². The fraction of sp³-hybridized carbons (Fsp3) is 0.625. The zero-order chi connectivity index (χ0) is 12.5. The van der Waals surface area contributed by atoms with Crippen molar-refractivity contribution in [2.24, 2.45) is 0 Å². The lowest BCUT2D eigenvalue weighted by Gasteiger charge is -2.24. The molecule has 1 heterocycles. The van der Waals surface area contributed by atoms with Crippen molar-refractivity contribution in [3.63, 3.8) is 0 Å². The molecule has 1 aliphatic heterocycles. The number of benzene rings is 1. The lowest BCUT2D eigenvalue weighted by molar-refractivity contribution is 0.386. The van der Waals surface area contributed by atoms with Crippen molar-refractivity contribution in [3.05, 3.63) is 35.9 Å². The first-order valence-corrected chi connectivity index (χ1v) is 7.43. The largest absolute Gasteiger partial charge is 0.314 e. The monoisotopic (exact) mass is 246 g/mol. The summed E-state index contributed by atoms with van der Waals surface area (Å²) in [5.74, 6) is 0. The van der Waals surface area contributed by atoms with Crippen molar-refractivity contribution < 1.29 is 0 Å². The molecular weight excluding hydrogens is 220 g/mol. The summed E-state index contributed by atoms with van der Waals surface area (Å²) in [5, 5.41) is 7.02. The van der Waals surface area contributed by atoms with Crippen molar-refractivity contribution in [2.75, 3.05) is 19.6 Å². The second-order valence-electron chi connectivity index (χ2n) is 5.29. The zero-order valence-electron chi connectivity index (χ0n) is 11.3. The predicted octanol–water partition coefficient (Wildman–Crippen LogP) is 2.74. The summed E-state index contributed by atoms with van der Waals surface area (Å²) in [7, 11) is 0. The minimum atomic E-state index is 0.716. The Balaban J connectivity index is 1.46. The fourth-order valence-corrected chi connectivity index (χ4v) is 2.64. The Kier molecular flexibility index (Phi) is 6.24. The lowest BCUT2D eigenvalue weighted by Crippen LogP contribution is -2.48. The van der Waals surface area contributed by atoms with Crippen molar-refractivity contribution in [2.45, 2.75) is 44.6 Å². The summed E-state index contributed by atoms with van der Waals surface area (Å²) >= 11 is 0. The van der Waals surface area contributed by atoms with E-state index in [1.165, 1.54) is 44.1 Å². The minimum absolute atomic E-state index is 0.716. The van der Waals surface area contributed by atoms with Crippen LogP contribution >= 0.6 is 0 Å². The van der Waals surface area contributed by atoms with E-state index in [0.29, 0.717) is 6.04 Å². The van der Waals surface area contributed by atoms with E-state index in [-0.39, 0.29) is 0 Å². The van der Waals surface area contributed by atoms with Gasteiger partial charge < -0.3 is 10.6 Å². The first-order valence-electron chi connectivity index (χ1n) is 7.43. The molecule has 1 atom stereocenters. The van der Waals surface area contributed by atoms with Gasteiger partial charge in [-0.2, -0.15) is 0 Å². The van der Waals surface area contributed by atoms with Crippen molar-refractivity contribution in [3.8, 4) is 0 Å². The van der Waals surface area contributed by atoms with Crippen LogP contribution in [0.2, 0.25) is 0 Å². The maximum Gasteiger partial charge on any atom is 0.0193 e. The van der Waals surface area contributed by atoms with E-state index >= 15 is 0 Å². The van der Waals surface area contributed by atoms with Crippen LogP contribution in [-0.4, -0.2) is 25.7 Å². The molecule has 2 heteroatoms. The Morgan fingerprint density at radius 1 is 0.944 bits per heavy atom. The average Bonchev–Trinajstić information content (AvgIpc) is 2.45. The van der Waals surface area contributed by atoms with Crippen LogP contribution < -0.4 is 10.6 Å². The highest BCUT2D eigenvalue weighted by Crippen LogP contribution is 2.10. The Labute approximate surface area is 111 Å². The molecule has 18 heavy (non-hydrogen) atoms. The van der Waals surface area contributed by atoms with Crippen LogP contribution in [0.25, 0.3) is 0 Å². The third-order valence-corrected chi connectivity index (χ3v) is 3.74. The SMILES string of the molecule is c1ccc(CCCCCCC2CNCCN2)cc1. The van der Waals surface area contributed by atoms with E-state index in [9.17, 15) is 0 Å². The highest BCUT2D eigenvalue weighted by Gasteiger charge is 2.10. The molecule has 0 aliphatic carbocycles. The number of unbranched alkanes of at least 4 members (excludes halogenated alkanes) is 3. The van der Waals surface area contributed by atoms with Crippen molar-refractivity contribution in [1.29, 1.82) is 0 Å². The third kappa shape index (κ3) is 5.19. The summed E-state index contributed by atoms with van der Waals surface area (Å²) < 4.78 is 0. The van der Waals surface area contributed by atoms with Gasteiger partial charge in [0.15, 0.2) is 0 Å². The zero-order valence-corrected chi connectivity index (χ0v) is 11.3. The van der Waals surface area contributed by atoms with Gasteiger partial charge in [0.2, 0.25) is 0 Å². The predicted molar refractivity (Wildman–Crippen MR) is 77.9 cm³/mol. The molecular formula is C16H26N2. The van der Waals surface area contributed by atoms with Gasteiger partial charge in [0.05, 0.1) is 0 Å². The minimum Gasteiger partial charge on any atom is -0.314 e. The van der Waals surface area contributed by atoms with Gasteiger partial charge in [0, 0.05) is 25.7 Å². The molecule has 1 aromatic carbocycles. The Bertz CT molecular complexity index is 304. The summed E-state index contributed by atoms with van der Waals surface area (Å²) in [6.07, 6.45) is 8.02. The van der Waals surface area contributed by atoms with Gasteiger partial charge in [-0.1, -0.05) is 49.6 Å². The fourth-order valence-electron chi connectivity index (χ4n) is 2.64. The molecule has 0 aromatic heterocycles. The van der Waals surface area contributed by atoms with E-state index in [1.54, 1.807) is 0 Å². The van der Waals surface area contributed by atoms with Crippen LogP contribution in [-0.2, 0) is 6.42 Å². The van der Waals surface area contributed by atoms with E-state index in [4.69, 9.17) is 0 Å². The number of hydrogen-bond donors (Lipinski definition) is 2. The Morgan fingerprint density at radius 2 is 1.78 bits per heavy atom. The molecule has 0 bridgehead atoms. The van der Waals surface area contributed by atoms with Crippen LogP contribution in [0.4, 0.5) is 0 Å². The van der Waals surface area contributed by atoms with Crippen molar-refractivity contribution >= 4 is 0 Å². The van der Waals surface area contributed by atoms with Gasteiger partial charge in [-0.3, -0.25) is 0 Å². The summed E-state index contributed by atoms with van der Waals surface area (Å²) in [5.41, 5.74) is 1.48. The average molecular weight is 246 g/mol. The quantitative estimate of drug-likeness (QED) is 0.723. The summed E-state index contributed by atoms with van der Waals surface area (Å²) in [6, 6.07) is 11.5. The standard InChI is InChI=1S/C16H26N2/c1(4-8-15-9-5-3-6-10-15)2-7-11-16-14-17-12-13-18-16/h3,5-6,9-10,16-18H,1-2,4,7-8,11-14H2. The molecule has 2 N–H and O–H groups in total. The maximum atomic E-state index is 3.57. The lowest BCUT2D eigenvalue weighted by atomic mass is 10.0. The van der Waals surface area contributed by atoms with Gasteiger partial charge in [-0.15, -0.1) is 0 Å². The molecule has 100 valence electrons. The van der Waals surface area contributed by atoms with E-state index in [1.807, 2.05) is 0 Å². The summed E-state index contributed by atoms with van der Waals surface area (Å²) in [6.45, 7) is 3.43. The number of piperazine rings is 1. The molecule has 1 aliphatic rings. The number of rotatable bonds is 7. The number of hydrogen-bond acceptors (Lipinski definition) is 2. The molecule has 1 saturated heterocycles. The molecule has 0 amide bonds. The first-order chi connectivity index (χ1) is 8.95. The van der Waals surface area contributed by atoms with Crippen molar-refractivity contribution in [1.82, 2.24) is 10.6 Å². The molecule has 2 nitrogen and oxygen atoms in total. The second-order valence-corrected chi connectivity index (χ2v) is 5.29. The van der Waals surface area contributed by atoms with Gasteiger partial charge in [0.25, 0.3) is 0 Å². The Morgan fingerprint density at radius 3 is 2.56 bits per heavy atom. The van der Waals surface area contributed by atoms with Gasteiger partial charge in [-0.05, 0) is 24.8 Å². The summed E-state index contributed by atoms with van der Waals surface area (Å²) in [4.78, 5) is 0. The molecule has 2 rings (SSSR count). The van der Waals surface area contributed by atoms with E-state index in [0.717, 1.165) is 19.6 Å². The maximum absolute atomic E-state index is 3.57. The molecule has 0 radical (unpaired) electrons. The van der Waals surface area contributed by atoms with Crippen LogP contribution in [0.15, 0.2) is 30.3 Å². The molecule has 1 unspecified atom stereocenters. The van der Waals surface area contributed by atoms with E-state index < -0.39 is 0 Å². The highest BCUT2D eigenvalue weighted by atomic mass is 15.0. The normalized spacial score (nSPS) is 19.9. The van der Waals surface area contributed by atoms with Gasteiger partial charge >= 0.3 is 0 Å². The molecule has 0 spiro atoms. The third-order valence-electron chi connectivity index (χ3n) is 3.74. The highest BCUT2D eigenvalue weighted by molar-refractivity contribution is 5.14. The smallest absolute Gasteiger partial charge is 0.0193 e. The van der Waals surface area contributed by atoms with Crippen LogP contribution in [0.3, 0.4) is 0 Å². The molecule has 1 aromatic rings. The first kappa shape index (κ1) is 13.6. The topological polar surface area (TPSA) is 24.1 Å².